The molecule has 3 aromatic carbocycles. The number of hydrogen-bond donors (Lipinski definition) is 2. The van der Waals surface area contributed by atoms with Crippen LogP contribution in [0.15, 0.2) is 64.3 Å². The van der Waals surface area contributed by atoms with Crippen molar-refractivity contribution in [1.29, 1.82) is 0 Å². The normalized spacial score (nSPS) is 11.2. The Morgan fingerprint density at radius 2 is 1.67 bits per heavy atom. The molecule has 4 aromatic rings. The van der Waals surface area contributed by atoms with Gasteiger partial charge in [0.2, 0.25) is 0 Å². The topological polar surface area (TPSA) is 65.2 Å². The van der Waals surface area contributed by atoms with Gasteiger partial charge in [0.05, 0.1) is 5.69 Å². The van der Waals surface area contributed by atoms with Crippen molar-refractivity contribution in [2.75, 3.05) is 17.3 Å². The zero-order valence-electron chi connectivity index (χ0n) is 15.4. The van der Waals surface area contributed by atoms with Crippen LogP contribution in [0.2, 0.25) is 0 Å². The third kappa shape index (κ3) is 3.01. The van der Waals surface area contributed by atoms with Gasteiger partial charge in [0.25, 0.3) is 10.9 Å². The Kier molecular flexibility index (Phi) is 4.28. The SMILES string of the molecule is CCc1ccc(CN(C)c2c(Nc3c[nH]c4ccccc34)c(=O)c2=O)cc1. The molecule has 0 aliphatic rings. The number of hydrogen-bond acceptors (Lipinski definition) is 4. The predicted molar refractivity (Wildman–Crippen MR) is 111 cm³/mol. The average Bonchev–Trinajstić information content (AvgIpc) is 3.11. The second-order valence-electron chi connectivity index (χ2n) is 6.78. The molecule has 27 heavy (non-hydrogen) atoms. The van der Waals surface area contributed by atoms with E-state index in [1.165, 1.54) is 5.56 Å². The number of aryl methyl sites for hydroxylation is 1. The fourth-order valence-corrected chi connectivity index (χ4v) is 3.40. The van der Waals surface area contributed by atoms with Crippen molar-refractivity contribution in [3.63, 3.8) is 0 Å². The smallest absolute Gasteiger partial charge is 0.253 e. The third-order valence-electron chi connectivity index (χ3n) is 4.97. The van der Waals surface area contributed by atoms with Crippen molar-refractivity contribution in [2.45, 2.75) is 19.9 Å². The summed E-state index contributed by atoms with van der Waals surface area (Å²) in [4.78, 5) is 29.4. The van der Waals surface area contributed by atoms with E-state index in [9.17, 15) is 9.59 Å². The van der Waals surface area contributed by atoms with E-state index in [0.717, 1.165) is 28.6 Å². The van der Waals surface area contributed by atoms with Gasteiger partial charge in [0, 0.05) is 30.7 Å². The van der Waals surface area contributed by atoms with Gasteiger partial charge >= 0.3 is 0 Å². The van der Waals surface area contributed by atoms with E-state index in [2.05, 4.69) is 41.5 Å². The minimum atomic E-state index is -0.469. The predicted octanol–water partition coefficient (Wildman–Crippen LogP) is 3.71. The van der Waals surface area contributed by atoms with Crippen LogP contribution >= 0.6 is 0 Å². The molecule has 0 saturated heterocycles. The molecule has 0 radical (unpaired) electrons. The molecule has 5 nitrogen and oxygen atoms in total. The lowest BCUT2D eigenvalue weighted by Crippen LogP contribution is -2.40. The van der Waals surface area contributed by atoms with Crippen LogP contribution < -0.4 is 21.1 Å². The van der Waals surface area contributed by atoms with Crippen LogP contribution in [0, 0.1) is 0 Å². The van der Waals surface area contributed by atoms with E-state index in [0.29, 0.717) is 17.9 Å². The van der Waals surface area contributed by atoms with Gasteiger partial charge < -0.3 is 15.2 Å². The van der Waals surface area contributed by atoms with Crippen molar-refractivity contribution in [2.24, 2.45) is 0 Å². The van der Waals surface area contributed by atoms with Gasteiger partial charge in [-0.25, -0.2) is 0 Å². The lowest BCUT2D eigenvalue weighted by Gasteiger charge is -2.23. The first-order valence-electron chi connectivity index (χ1n) is 9.04. The molecular weight excluding hydrogens is 338 g/mol. The largest absolute Gasteiger partial charge is 0.365 e. The summed E-state index contributed by atoms with van der Waals surface area (Å²) in [7, 11) is 1.84. The number of nitrogens with one attached hydrogen (secondary N) is 2. The monoisotopic (exact) mass is 359 g/mol. The summed E-state index contributed by atoms with van der Waals surface area (Å²) in [6.07, 6.45) is 2.81. The van der Waals surface area contributed by atoms with Gasteiger partial charge in [-0.15, -0.1) is 0 Å². The highest BCUT2D eigenvalue weighted by Gasteiger charge is 2.25. The maximum atomic E-state index is 12.2. The van der Waals surface area contributed by atoms with Gasteiger partial charge in [-0.3, -0.25) is 9.59 Å². The van der Waals surface area contributed by atoms with E-state index in [1.807, 2.05) is 42.4 Å². The summed E-state index contributed by atoms with van der Waals surface area (Å²) in [5.41, 5.74) is 4.03. The number of nitrogens with zero attached hydrogens (tertiary/aromatic N) is 1. The van der Waals surface area contributed by atoms with Gasteiger partial charge in [0.15, 0.2) is 0 Å². The van der Waals surface area contributed by atoms with Gasteiger partial charge in [0.1, 0.15) is 11.4 Å². The molecule has 0 unspecified atom stereocenters. The van der Waals surface area contributed by atoms with Gasteiger partial charge in [-0.2, -0.15) is 0 Å². The highest BCUT2D eigenvalue weighted by molar-refractivity contribution is 5.95. The molecule has 0 atom stereocenters. The molecule has 0 bridgehead atoms. The lowest BCUT2D eigenvalue weighted by molar-refractivity contribution is 0.909. The Morgan fingerprint density at radius 3 is 2.41 bits per heavy atom. The second kappa shape index (κ2) is 6.76. The zero-order chi connectivity index (χ0) is 19.0. The number of benzene rings is 2. The minimum absolute atomic E-state index is 0.359. The zero-order valence-corrected chi connectivity index (χ0v) is 15.4. The van der Waals surface area contributed by atoms with Crippen molar-refractivity contribution in [3.05, 3.63) is 86.3 Å². The molecule has 0 saturated carbocycles. The van der Waals surface area contributed by atoms with Crippen molar-refractivity contribution in [3.8, 4) is 0 Å². The molecule has 0 aliphatic heterocycles. The molecule has 0 amide bonds. The van der Waals surface area contributed by atoms with Crippen LogP contribution in [0.25, 0.3) is 10.9 Å². The van der Waals surface area contributed by atoms with Gasteiger partial charge in [-0.05, 0) is 23.6 Å². The lowest BCUT2D eigenvalue weighted by atomic mass is 10.1. The number of aromatic amines is 1. The molecule has 136 valence electrons. The Morgan fingerprint density at radius 1 is 0.963 bits per heavy atom. The quantitative estimate of drug-likeness (QED) is 0.515. The molecule has 0 fully saturated rings. The molecular formula is C22H21N3O2. The summed E-state index contributed by atoms with van der Waals surface area (Å²) < 4.78 is 0. The molecule has 1 aromatic heterocycles. The van der Waals surface area contributed by atoms with Gasteiger partial charge in [-0.1, -0.05) is 49.4 Å². The Hall–Kier alpha value is -3.34. The van der Waals surface area contributed by atoms with E-state index in [-0.39, 0.29) is 0 Å². The van der Waals surface area contributed by atoms with Crippen molar-refractivity contribution < 1.29 is 0 Å². The summed E-state index contributed by atoms with van der Waals surface area (Å²) in [5.74, 6) is 0. The third-order valence-corrected chi connectivity index (χ3v) is 4.97. The van der Waals surface area contributed by atoms with Crippen LogP contribution in [0.5, 0.6) is 0 Å². The first-order valence-corrected chi connectivity index (χ1v) is 9.04. The highest BCUT2D eigenvalue weighted by Crippen LogP contribution is 2.29. The maximum Gasteiger partial charge on any atom is 0.253 e. The van der Waals surface area contributed by atoms with E-state index in [4.69, 9.17) is 0 Å². The Labute approximate surface area is 157 Å². The molecule has 0 spiro atoms. The number of rotatable bonds is 6. The van der Waals surface area contributed by atoms with E-state index in [1.54, 1.807) is 0 Å². The van der Waals surface area contributed by atoms with Crippen LogP contribution in [0.4, 0.5) is 17.1 Å². The number of H-pyrrole nitrogens is 1. The summed E-state index contributed by atoms with van der Waals surface area (Å²) in [5, 5.41) is 4.13. The van der Waals surface area contributed by atoms with Crippen molar-refractivity contribution in [1.82, 2.24) is 4.98 Å². The Bertz CT molecular complexity index is 1160. The maximum absolute atomic E-state index is 12.2. The number of fused-ring (bicyclic) bond motifs is 1. The molecule has 4 rings (SSSR count). The van der Waals surface area contributed by atoms with Crippen LogP contribution in [-0.2, 0) is 13.0 Å². The first-order chi connectivity index (χ1) is 13.1. The molecule has 5 heteroatoms. The molecule has 1 heterocycles. The number of anilines is 3. The van der Waals surface area contributed by atoms with E-state index >= 15 is 0 Å². The van der Waals surface area contributed by atoms with Crippen LogP contribution in [0.3, 0.4) is 0 Å². The molecule has 0 aliphatic carbocycles. The van der Waals surface area contributed by atoms with Crippen LogP contribution in [-0.4, -0.2) is 12.0 Å². The summed E-state index contributed by atoms with van der Waals surface area (Å²) >= 11 is 0. The highest BCUT2D eigenvalue weighted by atomic mass is 16.2. The van der Waals surface area contributed by atoms with Crippen molar-refractivity contribution >= 4 is 28.0 Å². The number of aromatic nitrogens is 1. The summed E-state index contributed by atoms with van der Waals surface area (Å²) in [6, 6.07) is 16.1. The fourth-order valence-electron chi connectivity index (χ4n) is 3.40. The summed E-state index contributed by atoms with van der Waals surface area (Å²) in [6.45, 7) is 2.69. The first kappa shape index (κ1) is 17.1. The molecule has 2 N–H and O–H groups in total. The Balaban J connectivity index is 1.60. The van der Waals surface area contributed by atoms with Crippen LogP contribution in [0.1, 0.15) is 18.1 Å². The van der Waals surface area contributed by atoms with E-state index < -0.39 is 10.9 Å². The average molecular weight is 359 g/mol. The second-order valence-corrected chi connectivity index (χ2v) is 6.78. The minimum Gasteiger partial charge on any atom is -0.365 e. The standard InChI is InChI=1S/C22H21N3O2/c1-3-14-8-10-15(11-9-14)13-25(2)20-19(21(26)22(20)27)24-18-12-23-17-7-5-4-6-16(17)18/h4-12,23-24H,3,13H2,1-2H3. The fraction of sp³-hybridized carbons (Fsp3) is 0.182. The number of para-hydroxylation sites is 1.